The fourth-order valence-corrected chi connectivity index (χ4v) is 4.48. The van der Waals surface area contributed by atoms with Gasteiger partial charge in [-0.2, -0.15) is 0 Å². The van der Waals surface area contributed by atoms with Crippen LogP contribution in [0.25, 0.3) is 10.8 Å². The van der Waals surface area contributed by atoms with Crippen molar-refractivity contribution in [2.45, 2.75) is 46.3 Å². The minimum atomic E-state index is -0.713. The minimum absolute atomic E-state index is 0.280. The standard InChI is InChI=1S/C29H32N4O4/c1-5-16-33-19(4)25(27(34)37-18(2)3)26(32-29(33)36)21-12-8-13-22(17-21)30-28(35)31-24-15-9-11-20-10-6-7-14-23(20)24/h6-15,17-18,26H,5,16H2,1-4H3,(H,32,36)(H2,30,31,35). The Labute approximate surface area is 216 Å². The lowest BCUT2D eigenvalue weighted by Crippen LogP contribution is -2.48. The van der Waals surface area contributed by atoms with Crippen molar-refractivity contribution in [3.63, 3.8) is 0 Å². The maximum Gasteiger partial charge on any atom is 0.338 e. The van der Waals surface area contributed by atoms with Crippen molar-refractivity contribution in [3.8, 4) is 0 Å². The lowest BCUT2D eigenvalue weighted by Gasteiger charge is -2.35. The Morgan fingerprint density at radius 2 is 1.76 bits per heavy atom. The number of carbonyl (C=O) groups is 3. The van der Waals surface area contributed by atoms with Crippen LogP contribution in [0.5, 0.6) is 0 Å². The number of benzene rings is 3. The first-order valence-electron chi connectivity index (χ1n) is 12.4. The van der Waals surface area contributed by atoms with E-state index in [4.69, 9.17) is 4.74 Å². The predicted octanol–water partition coefficient (Wildman–Crippen LogP) is 6.19. The summed E-state index contributed by atoms with van der Waals surface area (Å²) in [5, 5.41) is 10.7. The van der Waals surface area contributed by atoms with Gasteiger partial charge in [0.05, 0.1) is 23.4 Å². The predicted molar refractivity (Wildman–Crippen MR) is 145 cm³/mol. The van der Waals surface area contributed by atoms with Gasteiger partial charge in [0.1, 0.15) is 0 Å². The molecule has 4 rings (SSSR count). The SMILES string of the molecule is CCCN1C(=O)NC(c2cccc(NC(=O)Nc3cccc4ccccc34)c2)C(C(=O)OC(C)C)=C1C. The second-order valence-corrected chi connectivity index (χ2v) is 9.22. The summed E-state index contributed by atoms with van der Waals surface area (Å²) in [6, 6.07) is 19.2. The highest BCUT2D eigenvalue weighted by molar-refractivity contribution is 6.06. The second-order valence-electron chi connectivity index (χ2n) is 9.22. The van der Waals surface area contributed by atoms with Crippen LogP contribution < -0.4 is 16.0 Å². The van der Waals surface area contributed by atoms with Crippen molar-refractivity contribution in [1.82, 2.24) is 10.2 Å². The summed E-state index contributed by atoms with van der Waals surface area (Å²) in [5.74, 6) is -0.481. The average molecular weight is 501 g/mol. The summed E-state index contributed by atoms with van der Waals surface area (Å²) in [7, 11) is 0. The Kier molecular flexibility index (Phi) is 7.77. The van der Waals surface area contributed by atoms with Crippen molar-refractivity contribution in [3.05, 3.63) is 83.6 Å². The molecule has 0 aromatic heterocycles. The van der Waals surface area contributed by atoms with Crippen LogP contribution in [0.4, 0.5) is 21.0 Å². The number of ether oxygens (including phenoxy) is 1. The van der Waals surface area contributed by atoms with Crippen LogP contribution in [-0.4, -0.2) is 35.6 Å². The van der Waals surface area contributed by atoms with Crippen molar-refractivity contribution in [1.29, 1.82) is 0 Å². The van der Waals surface area contributed by atoms with E-state index in [2.05, 4.69) is 16.0 Å². The Bertz CT molecular complexity index is 1360. The summed E-state index contributed by atoms with van der Waals surface area (Å²) < 4.78 is 5.52. The number of nitrogens with one attached hydrogen (secondary N) is 3. The van der Waals surface area contributed by atoms with E-state index in [0.29, 0.717) is 34.8 Å². The molecule has 192 valence electrons. The molecule has 3 N–H and O–H groups in total. The van der Waals surface area contributed by atoms with E-state index in [9.17, 15) is 14.4 Å². The molecule has 0 radical (unpaired) electrons. The van der Waals surface area contributed by atoms with Gasteiger partial charge >= 0.3 is 18.0 Å². The van der Waals surface area contributed by atoms with Gasteiger partial charge in [-0.05, 0) is 56.3 Å². The minimum Gasteiger partial charge on any atom is -0.459 e. The topological polar surface area (TPSA) is 99.8 Å². The van der Waals surface area contributed by atoms with Gasteiger partial charge in [-0.15, -0.1) is 0 Å². The molecule has 3 aromatic rings. The molecule has 1 heterocycles. The molecule has 1 atom stereocenters. The Hall–Kier alpha value is -4.33. The zero-order valence-corrected chi connectivity index (χ0v) is 21.5. The summed E-state index contributed by atoms with van der Waals surface area (Å²) in [5.41, 5.74) is 2.81. The van der Waals surface area contributed by atoms with Crippen LogP contribution >= 0.6 is 0 Å². The van der Waals surface area contributed by atoms with Crippen LogP contribution in [0.2, 0.25) is 0 Å². The molecule has 0 aliphatic carbocycles. The van der Waals surface area contributed by atoms with Crippen LogP contribution in [0, 0.1) is 0 Å². The number of fused-ring (bicyclic) bond motifs is 1. The average Bonchev–Trinajstić information content (AvgIpc) is 2.86. The number of carbonyl (C=O) groups excluding carboxylic acids is 3. The normalized spacial score (nSPS) is 15.5. The molecule has 0 fully saturated rings. The van der Waals surface area contributed by atoms with E-state index in [1.165, 1.54) is 0 Å². The zero-order chi connectivity index (χ0) is 26.5. The number of urea groups is 2. The number of allylic oxidation sites excluding steroid dienone is 1. The molecular formula is C29H32N4O4. The largest absolute Gasteiger partial charge is 0.459 e. The summed E-state index contributed by atoms with van der Waals surface area (Å²) in [6.07, 6.45) is 0.434. The highest BCUT2D eigenvalue weighted by Crippen LogP contribution is 2.33. The Morgan fingerprint density at radius 3 is 2.51 bits per heavy atom. The summed E-state index contributed by atoms with van der Waals surface area (Å²) in [4.78, 5) is 40.4. The molecular weight excluding hydrogens is 468 g/mol. The molecule has 0 saturated heterocycles. The van der Waals surface area contributed by atoms with E-state index < -0.39 is 18.0 Å². The molecule has 37 heavy (non-hydrogen) atoms. The molecule has 8 nitrogen and oxygen atoms in total. The second kappa shape index (κ2) is 11.2. The monoisotopic (exact) mass is 500 g/mol. The summed E-state index contributed by atoms with van der Waals surface area (Å²) >= 11 is 0. The van der Waals surface area contributed by atoms with Gasteiger partial charge in [0, 0.05) is 23.3 Å². The van der Waals surface area contributed by atoms with Gasteiger partial charge in [-0.3, -0.25) is 4.90 Å². The fourth-order valence-electron chi connectivity index (χ4n) is 4.48. The highest BCUT2D eigenvalue weighted by atomic mass is 16.5. The lowest BCUT2D eigenvalue weighted by molar-refractivity contribution is -0.143. The fraction of sp³-hybridized carbons (Fsp3) is 0.276. The number of anilines is 2. The van der Waals surface area contributed by atoms with Gasteiger partial charge < -0.3 is 20.7 Å². The van der Waals surface area contributed by atoms with E-state index >= 15 is 0 Å². The number of nitrogens with zero attached hydrogens (tertiary/aromatic N) is 1. The van der Waals surface area contributed by atoms with Gasteiger partial charge in [0.2, 0.25) is 0 Å². The van der Waals surface area contributed by atoms with Crippen molar-refractivity contribution in [2.75, 3.05) is 17.2 Å². The lowest BCUT2D eigenvalue weighted by atomic mass is 9.94. The highest BCUT2D eigenvalue weighted by Gasteiger charge is 2.36. The first-order valence-corrected chi connectivity index (χ1v) is 12.4. The van der Waals surface area contributed by atoms with Crippen molar-refractivity contribution < 1.29 is 19.1 Å². The summed E-state index contributed by atoms with van der Waals surface area (Å²) in [6.45, 7) is 7.79. The zero-order valence-electron chi connectivity index (χ0n) is 21.5. The first kappa shape index (κ1) is 25.8. The van der Waals surface area contributed by atoms with Crippen LogP contribution in [-0.2, 0) is 9.53 Å². The molecule has 4 amide bonds. The van der Waals surface area contributed by atoms with E-state index in [0.717, 1.165) is 17.2 Å². The van der Waals surface area contributed by atoms with E-state index in [1.807, 2.05) is 55.5 Å². The Balaban J connectivity index is 1.60. The first-order chi connectivity index (χ1) is 17.8. The van der Waals surface area contributed by atoms with Crippen LogP contribution in [0.15, 0.2) is 78.0 Å². The van der Waals surface area contributed by atoms with E-state index in [1.54, 1.807) is 43.9 Å². The molecule has 8 heteroatoms. The number of hydrogen-bond donors (Lipinski definition) is 3. The number of amides is 4. The number of hydrogen-bond acceptors (Lipinski definition) is 4. The molecule has 1 aliphatic heterocycles. The molecule has 0 saturated carbocycles. The molecule has 1 unspecified atom stereocenters. The third-order valence-corrected chi connectivity index (χ3v) is 6.12. The van der Waals surface area contributed by atoms with Gasteiger partial charge in [0.25, 0.3) is 0 Å². The Morgan fingerprint density at radius 1 is 1.03 bits per heavy atom. The number of rotatable bonds is 7. The third-order valence-electron chi connectivity index (χ3n) is 6.12. The maximum absolute atomic E-state index is 13.1. The van der Waals surface area contributed by atoms with Crippen molar-refractivity contribution >= 4 is 40.2 Å². The van der Waals surface area contributed by atoms with Gasteiger partial charge in [0.15, 0.2) is 0 Å². The van der Waals surface area contributed by atoms with Gasteiger partial charge in [-0.25, -0.2) is 14.4 Å². The van der Waals surface area contributed by atoms with Gasteiger partial charge in [-0.1, -0.05) is 55.5 Å². The van der Waals surface area contributed by atoms with Crippen LogP contribution in [0.3, 0.4) is 0 Å². The third kappa shape index (κ3) is 5.74. The molecule has 0 spiro atoms. The molecule has 1 aliphatic rings. The van der Waals surface area contributed by atoms with Crippen molar-refractivity contribution in [2.24, 2.45) is 0 Å². The molecule has 3 aromatic carbocycles. The smallest absolute Gasteiger partial charge is 0.338 e. The van der Waals surface area contributed by atoms with Crippen LogP contribution in [0.1, 0.15) is 45.7 Å². The molecule has 0 bridgehead atoms. The maximum atomic E-state index is 13.1. The number of esters is 1. The quantitative estimate of drug-likeness (QED) is 0.337. The van der Waals surface area contributed by atoms with E-state index in [-0.39, 0.29) is 12.1 Å².